The number of ether oxygens (including phenoxy) is 2. The lowest BCUT2D eigenvalue weighted by Crippen LogP contribution is -2.24. The molecule has 0 spiro atoms. The van der Waals surface area contributed by atoms with Gasteiger partial charge in [0.15, 0.2) is 6.29 Å². The van der Waals surface area contributed by atoms with E-state index in [-0.39, 0.29) is 11.3 Å². The van der Waals surface area contributed by atoms with Gasteiger partial charge in [0.25, 0.3) is 4.73 Å². The molecule has 1 rings (SSSR count). The number of aromatic nitrogens is 3. The number of hydrogen-bond donors (Lipinski definition) is 0. The maximum Gasteiger partial charge on any atom is 0.492 e. The Kier molecular flexibility index (Phi) is 5.45. The summed E-state index contributed by atoms with van der Waals surface area (Å²) in [6.45, 7) is 4.89. The lowest BCUT2D eigenvalue weighted by atomic mass is 10.6. The summed E-state index contributed by atoms with van der Waals surface area (Å²) in [6.07, 6.45) is -0.498. The van der Waals surface area contributed by atoms with Gasteiger partial charge in [-0.1, -0.05) is 0 Å². The summed E-state index contributed by atoms with van der Waals surface area (Å²) in [5, 5.41) is 14.2. The Morgan fingerprint density at radius 1 is 1.47 bits per heavy atom. The van der Waals surface area contributed by atoms with Crippen molar-refractivity contribution < 1.29 is 14.4 Å². The van der Waals surface area contributed by atoms with E-state index in [9.17, 15) is 10.1 Å². The summed E-state index contributed by atoms with van der Waals surface area (Å²) in [5.41, 5.74) is 0. The van der Waals surface area contributed by atoms with E-state index in [4.69, 9.17) is 9.47 Å². The molecule has 0 fully saturated rings. The molecule has 0 aliphatic heterocycles. The van der Waals surface area contributed by atoms with Gasteiger partial charge in [0.05, 0.1) is 0 Å². The molecule has 0 amide bonds. The third kappa shape index (κ3) is 4.02. The number of nitro groups is 1. The van der Waals surface area contributed by atoms with Crippen LogP contribution in [-0.2, 0) is 16.0 Å². The maximum absolute atomic E-state index is 10.5. The molecule has 0 bridgehead atoms. The molecule has 0 saturated heterocycles. The van der Waals surface area contributed by atoms with Gasteiger partial charge in [-0.05, 0) is 23.8 Å². The fourth-order valence-electron chi connectivity index (χ4n) is 1.17. The van der Waals surface area contributed by atoms with Gasteiger partial charge >= 0.3 is 5.95 Å². The molecule has 0 radical (unpaired) electrons. The zero-order valence-corrected chi connectivity index (χ0v) is 11.1. The largest absolute Gasteiger partial charge is 0.492 e. The Balaban J connectivity index is 2.74. The fraction of sp³-hybridized carbons (Fsp3) is 0.750. The van der Waals surface area contributed by atoms with Crippen LogP contribution in [0.15, 0.2) is 4.73 Å². The van der Waals surface area contributed by atoms with Crippen LogP contribution in [0.2, 0.25) is 0 Å². The van der Waals surface area contributed by atoms with Gasteiger partial charge in [0, 0.05) is 34.2 Å². The minimum Gasteiger partial charge on any atom is -0.390 e. The molecule has 1 aromatic heterocycles. The lowest BCUT2D eigenvalue weighted by Gasteiger charge is -2.15. The molecule has 0 N–H and O–H groups in total. The van der Waals surface area contributed by atoms with Crippen molar-refractivity contribution in [2.45, 2.75) is 26.7 Å². The zero-order chi connectivity index (χ0) is 12.8. The molecule has 0 saturated carbocycles. The first kappa shape index (κ1) is 14.0. The second kappa shape index (κ2) is 6.62. The molecule has 96 valence electrons. The SMILES string of the molecule is CCOC(Cn1nc([N+](=O)[O-])nc1Br)OCC. The predicted octanol–water partition coefficient (Wildman–Crippen LogP) is 1.35. The smallest absolute Gasteiger partial charge is 0.390 e. The van der Waals surface area contributed by atoms with E-state index in [0.717, 1.165) is 0 Å². The Bertz CT molecular complexity index is 378. The molecule has 0 unspecified atom stereocenters. The van der Waals surface area contributed by atoms with Crippen molar-refractivity contribution in [3.8, 4) is 0 Å². The van der Waals surface area contributed by atoms with Gasteiger partial charge in [-0.2, -0.15) is 4.68 Å². The second-order valence-electron chi connectivity index (χ2n) is 2.96. The van der Waals surface area contributed by atoms with Crippen molar-refractivity contribution in [3.05, 3.63) is 14.8 Å². The monoisotopic (exact) mass is 308 g/mol. The van der Waals surface area contributed by atoms with Crippen LogP contribution in [0.3, 0.4) is 0 Å². The van der Waals surface area contributed by atoms with Crippen LogP contribution >= 0.6 is 15.9 Å². The highest BCUT2D eigenvalue weighted by Crippen LogP contribution is 2.13. The molecule has 17 heavy (non-hydrogen) atoms. The highest BCUT2D eigenvalue weighted by atomic mass is 79.9. The van der Waals surface area contributed by atoms with E-state index < -0.39 is 17.2 Å². The molecule has 0 atom stereocenters. The fourth-order valence-corrected chi connectivity index (χ4v) is 1.55. The van der Waals surface area contributed by atoms with Gasteiger partial charge in [-0.25, -0.2) is 0 Å². The molecule has 0 aromatic carbocycles. The van der Waals surface area contributed by atoms with Gasteiger partial charge < -0.3 is 19.6 Å². The Morgan fingerprint density at radius 2 is 2.06 bits per heavy atom. The molecule has 1 heterocycles. The van der Waals surface area contributed by atoms with Crippen LogP contribution in [0.5, 0.6) is 0 Å². The van der Waals surface area contributed by atoms with Crippen molar-refractivity contribution in [2.75, 3.05) is 13.2 Å². The van der Waals surface area contributed by atoms with Crippen molar-refractivity contribution in [3.63, 3.8) is 0 Å². The van der Waals surface area contributed by atoms with Crippen LogP contribution < -0.4 is 0 Å². The van der Waals surface area contributed by atoms with Gasteiger partial charge in [0.2, 0.25) is 0 Å². The first-order chi connectivity index (χ1) is 8.08. The summed E-state index contributed by atoms with van der Waals surface area (Å²) in [4.78, 5) is 13.5. The topological polar surface area (TPSA) is 92.3 Å². The number of rotatable bonds is 7. The molecular formula is C8H13BrN4O4. The van der Waals surface area contributed by atoms with Crippen LogP contribution in [0.4, 0.5) is 5.95 Å². The number of nitrogens with zero attached hydrogens (tertiary/aromatic N) is 4. The van der Waals surface area contributed by atoms with Gasteiger partial charge in [0.1, 0.15) is 6.54 Å². The van der Waals surface area contributed by atoms with Crippen LogP contribution in [0.1, 0.15) is 13.8 Å². The third-order valence-electron chi connectivity index (χ3n) is 1.81. The Hall–Kier alpha value is -1.06. The number of halogens is 1. The quantitative estimate of drug-likeness (QED) is 0.429. The van der Waals surface area contributed by atoms with Crippen LogP contribution in [0.25, 0.3) is 0 Å². The first-order valence-electron chi connectivity index (χ1n) is 5.06. The third-order valence-corrected chi connectivity index (χ3v) is 2.39. The minimum absolute atomic E-state index is 0.239. The Labute approximate surface area is 106 Å². The number of hydrogen-bond acceptors (Lipinski definition) is 6. The van der Waals surface area contributed by atoms with Gasteiger partial charge in [-0.15, -0.1) is 0 Å². The van der Waals surface area contributed by atoms with Crippen molar-refractivity contribution in [1.82, 2.24) is 14.8 Å². The lowest BCUT2D eigenvalue weighted by molar-refractivity contribution is -0.394. The average Bonchev–Trinajstić information content (AvgIpc) is 2.61. The van der Waals surface area contributed by atoms with E-state index in [1.54, 1.807) is 0 Å². The summed E-state index contributed by atoms with van der Waals surface area (Å²) >= 11 is 3.09. The van der Waals surface area contributed by atoms with Crippen LogP contribution in [0, 0.1) is 10.1 Å². The summed E-state index contributed by atoms with van der Waals surface area (Å²) in [6, 6.07) is 0. The average molecular weight is 309 g/mol. The molecular weight excluding hydrogens is 296 g/mol. The van der Waals surface area contributed by atoms with E-state index in [1.165, 1.54) is 4.68 Å². The van der Waals surface area contributed by atoms with Crippen LogP contribution in [-0.4, -0.2) is 39.2 Å². The van der Waals surface area contributed by atoms with E-state index in [1.807, 2.05) is 13.8 Å². The first-order valence-corrected chi connectivity index (χ1v) is 5.85. The second-order valence-corrected chi connectivity index (χ2v) is 3.67. The summed E-state index contributed by atoms with van der Waals surface area (Å²) < 4.78 is 12.2. The normalized spacial score (nSPS) is 11.1. The summed E-state index contributed by atoms with van der Waals surface area (Å²) in [5.74, 6) is -0.455. The summed E-state index contributed by atoms with van der Waals surface area (Å²) in [7, 11) is 0. The minimum atomic E-state index is -0.655. The molecule has 8 nitrogen and oxygen atoms in total. The van der Waals surface area contributed by atoms with Gasteiger partial charge in [-0.3, -0.25) is 0 Å². The molecule has 0 aliphatic rings. The van der Waals surface area contributed by atoms with Crippen molar-refractivity contribution in [2.24, 2.45) is 0 Å². The highest BCUT2D eigenvalue weighted by molar-refractivity contribution is 9.10. The highest BCUT2D eigenvalue weighted by Gasteiger charge is 2.22. The standard InChI is InChI=1S/C8H13BrN4O4/c1-3-16-6(17-4-2)5-12-7(9)10-8(11-12)13(14)15/h6H,3-5H2,1-2H3. The zero-order valence-electron chi connectivity index (χ0n) is 9.50. The van der Waals surface area contributed by atoms with Crippen molar-refractivity contribution in [1.29, 1.82) is 0 Å². The Morgan fingerprint density at radius 3 is 2.47 bits per heavy atom. The van der Waals surface area contributed by atoms with Crippen molar-refractivity contribution >= 4 is 21.9 Å². The van der Waals surface area contributed by atoms with E-state index >= 15 is 0 Å². The predicted molar refractivity (Wildman–Crippen MR) is 61.4 cm³/mol. The van der Waals surface area contributed by atoms with E-state index in [2.05, 4.69) is 26.0 Å². The maximum atomic E-state index is 10.5. The molecule has 9 heteroatoms. The molecule has 1 aromatic rings. The van der Waals surface area contributed by atoms with E-state index in [0.29, 0.717) is 13.2 Å². The molecule has 0 aliphatic carbocycles.